The van der Waals surface area contributed by atoms with Gasteiger partial charge in [-0.25, -0.2) is 4.79 Å². The highest BCUT2D eigenvalue weighted by Crippen LogP contribution is 2.41. The van der Waals surface area contributed by atoms with Crippen molar-refractivity contribution in [2.24, 2.45) is 0 Å². The summed E-state index contributed by atoms with van der Waals surface area (Å²) in [5, 5.41) is 15.1. The van der Waals surface area contributed by atoms with Crippen LogP contribution in [0.3, 0.4) is 0 Å². The molecule has 0 atom stereocenters. The van der Waals surface area contributed by atoms with Crippen molar-refractivity contribution in [3.63, 3.8) is 0 Å². The third-order valence-corrected chi connectivity index (χ3v) is 5.37. The van der Waals surface area contributed by atoms with Crippen LogP contribution in [0.1, 0.15) is 24.5 Å². The van der Waals surface area contributed by atoms with Crippen LogP contribution in [0.15, 0.2) is 47.2 Å². The SMILES string of the molecule is O=C(NCCn1nc(-c2ccsc2)cc1C1CC1)Nc1ccccc1Cl. The van der Waals surface area contributed by atoms with Crippen LogP contribution in [0.2, 0.25) is 5.02 Å². The summed E-state index contributed by atoms with van der Waals surface area (Å²) in [6, 6.07) is 11.2. The van der Waals surface area contributed by atoms with Gasteiger partial charge in [-0.2, -0.15) is 16.4 Å². The Morgan fingerprint density at radius 2 is 2.15 bits per heavy atom. The second-order valence-corrected chi connectivity index (χ2v) is 7.51. The van der Waals surface area contributed by atoms with Gasteiger partial charge in [-0.3, -0.25) is 4.68 Å². The molecule has 7 heteroatoms. The van der Waals surface area contributed by atoms with Crippen molar-refractivity contribution in [2.75, 3.05) is 11.9 Å². The summed E-state index contributed by atoms with van der Waals surface area (Å²) in [4.78, 5) is 12.1. The van der Waals surface area contributed by atoms with Crippen molar-refractivity contribution < 1.29 is 4.79 Å². The third kappa shape index (κ3) is 3.92. The monoisotopic (exact) mass is 386 g/mol. The number of rotatable bonds is 6. The highest BCUT2D eigenvalue weighted by molar-refractivity contribution is 7.08. The van der Waals surface area contributed by atoms with E-state index in [2.05, 4.69) is 33.5 Å². The first-order valence-corrected chi connectivity index (χ1v) is 9.92. The van der Waals surface area contributed by atoms with Gasteiger partial charge in [0.25, 0.3) is 0 Å². The fraction of sp³-hybridized carbons (Fsp3) is 0.263. The number of thiophene rings is 1. The number of aromatic nitrogens is 2. The lowest BCUT2D eigenvalue weighted by Crippen LogP contribution is -2.32. The van der Waals surface area contributed by atoms with Crippen LogP contribution in [-0.4, -0.2) is 22.4 Å². The van der Waals surface area contributed by atoms with Gasteiger partial charge in [-0.1, -0.05) is 23.7 Å². The molecule has 0 unspecified atom stereocenters. The van der Waals surface area contributed by atoms with Crippen molar-refractivity contribution in [1.29, 1.82) is 0 Å². The fourth-order valence-electron chi connectivity index (χ4n) is 2.87. The standard InChI is InChI=1S/C19H19ClN4OS/c20-15-3-1-2-4-16(15)22-19(25)21-8-9-24-18(13-5-6-13)11-17(23-24)14-7-10-26-12-14/h1-4,7,10-13H,5-6,8-9H2,(H2,21,22,25). The molecule has 3 aromatic rings. The number of anilines is 1. The summed E-state index contributed by atoms with van der Waals surface area (Å²) >= 11 is 7.73. The van der Waals surface area contributed by atoms with E-state index in [0.717, 1.165) is 11.3 Å². The number of nitrogens with zero attached hydrogens (tertiary/aromatic N) is 2. The van der Waals surface area contributed by atoms with Crippen LogP contribution in [0.5, 0.6) is 0 Å². The molecular formula is C19H19ClN4OS. The maximum atomic E-state index is 12.1. The second-order valence-electron chi connectivity index (χ2n) is 6.32. The molecule has 0 spiro atoms. The number of nitrogens with one attached hydrogen (secondary N) is 2. The van der Waals surface area contributed by atoms with Crippen LogP contribution < -0.4 is 10.6 Å². The van der Waals surface area contributed by atoms with E-state index in [9.17, 15) is 4.79 Å². The largest absolute Gasteiger partial charge is 0.336 e. The maximum absolute atomic E-state index is 12.1. The van der Waals surface area contributed by atoms with Gasteiger partial charge in [0, 0.05) is 29.1 Å². The summed E-state index contributed by atoms with van der Waals surface area (Å²) in [7, 11) is 0. The molecule has 0 aliphatic heterocycles. The van der Waals surface area contributed by atoms with Gasteiger partial charge in [-0.15, -0.1) is 0 Å². The molecule has 0 saturated heterocycles. The highest BCUT2D eigenvalue weighted by atomic mass is 35.5. The van der Waals surface area contributed by atoms with E-state index >= 15 is 0 Å². The molecule has 26 heavy (non-hydrogen) atoms. The van der Waals surface area contributed by atoms with Crippen molar-refractivity contribution in [3.05, 3.63) is 57.9 Å². The van der Waals surface area contributed by atoms with Gasteiger partial charge in [0.15, 0.2) is 0 Å². The van der Waals surface area contributed by atoms with Crippen LogP contribution in [-0.2, 0) is 6.54 Å². The zero-order valence-corrected chi connectivity index (χ0v) is 15.7. The first kappa shape index (κ1) is 17.1. The number of halogens is 1. The van der Waals surface area contributed by atoms with E-state index in [0.29, 0.717) is 29.7 Å². The minimum Gasteiger partial charge on any atom is -0.336 e. The van der Waals surface area contributed by atoms with E-state index in [-0.39, 0.29) is 6.03 Å². The van der Waals surface area contributed by atoms with E-state index in [4.69, 9.17) is 16.7 Å². The molecule has 1 fully saturated rings. The average Bonchev–Trinajstić information content (AvgIpc) is 3.16. The average molecular weight is 387 g/mol. The summed E-state index contributed by atoms with van der Waals surface area (Å²) < 4.78 is 2.03. The van der Waals surface area contributed by atoms with Crippen molar-refractivity contribution in [2.45, 2.75) is 25.3 Å². The Labute approximate surface area is 161 Å². The number of benzene rings is 1. The van der Waals surface area contributed by atoms with Gasteiger partial charge >= 0.3 is 6.03 Å². The Hall–Kier alpha value is -2.31. The lowest BCUT2D eigenvalue weighted by molar-refractivity contribution is 0.251. The number of carbonyl (C=O) groups is 1. The summed E-state index contributed by atoms with van der Waals surface area (Å²) in [5.74, 6) is 0.604. The van der Waals surface area contributed by atoms with Crippen LogP contribution in [0, 0.1) is 0 Å². The Balaban J connectivity index is 1.37. The Morgan fingerprint density at radius 1 is 1.31 bits per heavy atom. The number of amides is 2. The zero-order valence-electron chi connectivity index (χ0n) is 14.1. The molecule has 1 aromatic carbocycles. The first-order chi connectivity index (χ1) is 12.7. The zero-order chi connectivity index (χ0) is 17.9. The van der Waals surface area contributed by atoms with Crippen molar-refractivity contribution >= 4 is 34.7 Å². The number of hydrogen-bond acceptors (Lipinski definition) is 3. The molecule has 2 N–H and O–H groups in total. The predicted molar refractivity (Wildman–Crippen MR) is 106 cm³/mol. The lowest BCUT2D eigenvalue weighted by atomic mass is 10.2. The Morgan fingerprint density at radius 3 is 2.88 bits per heavy atom. The highest BCUT2D eigenvalue weighted by Gasteiger charge is 2.28. The van der Waals surface area contributed by atoms with E-state index in [1.807, 2.05) is 16.8 Å². The van der Waals surface area contributed by atoms with Gasteiger partial charge in [0.05, 0.1) is 22.9 Å². The van der Waals surface area contributed by atoms with Gasteiger partial charge in [-0.05, 0) is 42.5 Å². The topological polar surface area (TPSA) is 59.0 Å². The number of para-hydroxylation sites is 1. The first-order valence-electron chi connectivity index (χ1n) is 8.60. The fourth-order valence-corrected chi connectivity index (χ4v) is 3.71. The molecule has 0 bridgehead atoms. The Bertz CT molecular complexity index is 902. The molecule has 2 heterocycles. The molecule has 1 aliphatic rings. The van der Waals surface area contributed by atoms with Gasteiger partial charge < -0.3 is 10.6 Å². The quantitative estimate of drug-likeness (QED) is 0.628. The van der Waals surface area contributed by atoms with Crippen LogP contribution >= 0.6 is 22.9 Å². The molecular weight excluding hydrogens is 368 g/mol. The second kappa shape index (κ2) is 7.51. The summed E-state index contributed by atoms with van der Waals surface area (Å²) in [6.07, 6.45) is 2.43. The van der Waals surface area contributed by atoms with E-state index < -0.39 is 0 Å². The van der Waals surface area contributed by atoms with Crippen LogP contribution in [0.4, 0.5) is 10.5 Å². The summed E-state index contributed by atoms with van der Waals surface area (Å²) in [5.41, 5.74) is 4.03. The molecule has 0 radical (unpaired) electrons. The van der Waals surface area contributed by atoms with Crippen molar-refractivity contribution in [1.82, 2.24) is 15.1 Å². The Kier molecular flexibility index (Phi) is 4.95. The normalized spacial score (nSPS) is 13.6. The van der Waals surface area contributed by atoms with E-state index in [1.165, 1.54) is 18.5 Å². The smallest absolute Gasteiger partial charge is 0.319 e. The van der Waals surface area contributed by atoms with Gasteiger partial charge in [0.1, 0.15) is 0 Å². The molecule has 2 aromatic heterocycles. The maximum Gasteiger partial charge on any atom is 0.319 e. The van der Waals surface area contributed by atoms with E-state index in [1.54, 1.807) is 23.5 Å². The van der Waals surface area contributed by atoms with Crippen LogP contribution in [0.25, 0.3) is 11.3 Å². The number of hydrogen-bond donors (Lipinski definition) is 2. The molecule has 1 aliphatic carbocycles. The third-order valence-electron chi connectivity index (χ3n) is 4.35. The summed E-state index contributed by atoms with van der Waals surface area (Å²) in [6.45, 7) is 1.15. The molecule has 1 saturated carbocycles. The molecule has 5 nitrogen and oxygen atoms in total. The minimum atomic E-state index is -0.267. The number of urea groups is 1. The molecule has 2 amide bonds. The van der Waals surface area contributed by atoms with Crippen molar-refractivity contribution in [3.8, 4) is 11.3 Å². The van der Waals surface area contributed by atoms with Gasteiger partial charge in [0.2, 0.25) is 0 Å². The predicted octanol–water partition coefficient (Wildman–Crippen LogP) is 4.96. The minimum absolute atomic E-state index is 0.267. The molecule has 134 valence electrons. The number of carbonyl (C=O) groups excluding carboxylic acids is 1. The lowest BCUT2D eigenvalue weighted by Gasteiger charge is -2.10. The molecule has 4 rings (SSSR count).